The second kappa shape index (κ2) is 3.79. The second-order valence-electron chi connectivity index (χ2n) is 3.78. The molecule has 1 heterocycles. The van der Waals surface area contributed by atoms with Crippen molar-refractivity contribution in [1.29, 1.82) is 0 Å². The Balaban J connectivity index is 2.10. The third-order valence-corrected chi connectivity index (χ3v) is 3.73. The number of aliphatic hydroxyl groups is 1. The van der Waals surface area contributed by atoms with Gasteiger partial charge in [0.05, 0.1) is 5.01 Å². The largest absolute Gasteiger partial charge is 0.385 e. The maximum absolute atomic E-state index is 11.1. The molecule has 0 aromatic carbocycles. The highest BCUT2D eigenvalue weighted by molar-refractivity contribution is 7.09. The molecule has 1 aromatic heterocycles. The Morgan fingerprint density at radius 2 is 2.43 bits per heavy atom. The molecule has 0 radical (unpaired) electrons. The number of hydrogen-bond donors (Lipinski definition) is 1. The van der Waals surface area contributed by atoms with E-state index in [1.807, 2.05) is 12.3 Å². The lowest BCUT2D eigenvalue weighted by atomic mass is 9.87. The molecule has 1 fully saturated rings. The summed E-state index contributed by atoms with van der Waals surface area (Å²) < 4.78 is 0. The summed E-state index contributed by atoms with van der Waals surface area (Å²) >= 11 is 1.63. The van der Waals surface area contributed by atoms with Crippen LogP contribution >= 0.6 is 11.3 Å². The number of carbonyl (C=O) groups is 1. The average molecular weight is 211 g/mol. The second-order valence-corrected chi connectivity index (χ2v) is 4.67. The van der Waals surface area contributed by atoms with Gasteiger partial charge in [0.25, 0.3) is 0 Å². The number of ketones is 1. The summed E-state index contributed by atoms with van der Waals surface area (Å²) in [5.41, 5.74) is 1.02. The first-order valence-electron chi connectivity index (χ1n) is 4.79. The van der Waals surface area contributed by atoms with Crippen molar-refractivity contribution < 1.29 is 9.90 Å². The summed E-state index contributed by atoms with van der Waals surface area (Å²) in [6.07, 6.45) is 1.11. The Labute approximate surface area is 86.8 Å². The fourth-order valence-electron chi connectivity index (χ4n) is 1.79. The highest BCUT2D eigenvalue weighted by atomic mass is 32.1. The summed E-state index contributed by atoms with van der Waals surface area (Å²) in [6.45, 7) is 1.96. The lowest BCUT2D eigenvalue weighted by Crippen LogP contribution is -2.28. The number of thiazole rings is 1. The molecule has 0 aliphatic heterocycles. The van der Waals surface area contributed by atoms with Gasteiger partial charge in [0.1, 0.15) is 6.10 Å². The number of hydrogen-bond acceptors (Lipinski definition) is 4. The van der Waals surface area contributed by atoms with Crippen LogP contribution in [0.3, 0.4) is 0 Å². The van der Waals surface area contributed by atoms with Crippen molar-refractivity contribution in [2.75, 3.05) is 0 Å². The summed E-state index contributed by atoms with van der Waals surface area (Å²) in [7, 11) is 0. The molecule has 14 heavy (non-hydrogen) atoms. The molecule has 2 unspecified atom stereocenters. The van der Waals surface area contributed by atoms with Crippen molar-refractivity contribution in [3.63, 3.8) is 0 Å². The molecule has 0 saturated heterocycles. The van der Waals surface area contributed by atoms with E-state index >= 15 is 0 Å². The molecule has 0 bridgehead atoms. The SMILES string of the molecule is Cc1csc(C2CCC(=O)C(O)C2)n1. The molecule has 2 atom stereocenters. The minimum atomic E-state index is -0.766. The zero-order chi connectivity index (χ0) is 10.1. The number of carbonyl (C=O) groups excluding carboxylic acids is 1. The monoisotopic (exact) mass is 211 g/mol. The van der Waals surface area contributed by atoms with E-state index in [1.54, 1.807) is 11.3 Å². The zero-order valence-corrected chi connectivity index (χ0v) is 8.88. The molecular formula is C10H13NO2S. The fourth-order valence-corrected chi connectivity index (χ4v) is 2.73. The minimum absolute atomic E-state index is 0.0190. The van der Waals surface area contributed by atoms with Gasteiger partial charge in [-0.1, -0.05) is 0 Å². The highest BCUT2D eigenvalue weighted by Gasteiger charge is 2.29. The topological polar surface area (TPSA) is 50.2 Å². The number of aliphatic hydroxyl groups excluding tert-OH is 1. The van der Waals surface area contributed by atoms with Crippen LogP contribution in [-0.2, 0) is 4.79 Å². The number of aryl methyl sites for hydroxylation is 1. The van der Waals surface area contributed by atoms with Gasteiger partial charge in [-0.2, -0.15) is 0 Å². The first-order chi connectivity index (χ1) is 6.66. The van der Waals surface area contributed by atoms with Gasteiger partial charge in [-0.15, -0.1) is 11.3 Å². The van der Waals surface area contributed by atoms with E-state index in [0.717, 1.165) is 17.1 Å². The van der Waals surface area contributed by atoms with Gasteiger partial charge in [0.2, 0.25) is 0 Å². The van der Waals surface area contributed by atoms with Crippen LogP contribution in [0.25, 0.3) is 0 Å². The number of nitrogens with zero attached hydrogens (tertiary/aromatic N) is 1. The number of Topliss-reactive ketones (excluding diaryl/α,β-unsaturated/α-hetero) is 1. The molecule has 1 aliphatic rings. The van der Waals surface area contributed by atoms with E-state index in [1.165, 1.54) is 0 Å². The van der Waals surface area contributed by atoms with Crippen molar-refractivity contribution >= 4 is 17.1 Å². The Morgan fingerprint density at radius 1 is 1.64 bits per heavy atom. The molecule has 76 valence electrons. The van der Waals surface area contributed by atoms with Crippen molar-refractivity contribution in [2.24, 2.45) is 0 Å². The molecule has 1 saturated carbocycles. The number of aromatic nitrogens is 1. The smallest absolute Gasteiger partial charge is 0.161 e. The van der Waals surface area contributed by atoms with E-state index in [2.05, 4.69) is 4.98 Å². The molecule has 3 nitrogen and oxygen atoms in total. The summed E-state index contributed by atoms with van der Waals surface area (Å²) in [5.74, 6) is 0.260. The van der Waals surface area contributed by atoms with Gasteiger partial charge < -0.3 is 5.11 Å². The van der Waals surface area contributed by atoms with Crippen LogP contribution in [0.1, 0.15) is 35.9 Å². The van der Waals surface area contributed by atoms with Crippen molar-refractivity contribution in [2.45, 2.75) is 38.2 Å². The fraction of sp³-hybridized carbons (Fsp3) is 0.600. The molecule has 0 spiro atoms. The standard InChI is InChI=1S/C10H13NO2S/c1-6-5-14-10(11-6)7-2-3-8(12)9(13)4-7/h5,7,9,13H,2-4H2,1H3. The van der Waals surface area contributed by atoms with Crippen LogP contribution < -0.4 is 0 Å². The van der Waals surface area contributed by atoms with Crippen LogP contribution in [0.15, 0.2) is 5.38 Å². The van der Waals surface area contributed by atoms with Gasteiger partial charge in [-0.3, -0.25) is 4.79 Å². The maximum Gasteiger partial charge on any atom is 0.161 e. The Kier molecular flexibility index (Phi) is 2.65. The van der Waals surface area contributed by atoms with Crippen LogP contribution in [0.5, 0.6) is 0 Å². The molecule has 1 aromatic rings. The van der Waals surface area contributed by atoms with Crippen LogP contribution in [0, 0.1) is 6.92 Å². The lowest BCUT2D eigenvalue weighted by Gasteiger charge is -2.22. The van der Waals surface area contributed by atoms with E-state index in [9.17, 15) is 9.90 Å². The molecule has 1 N–H and O–H groups in total. The first kappa shape index (κ1) is 9.80. The third kappa shape index (κ3) is 1.86. The molecule has 4 heteroatoms. The van der Waals surface area contributed by atoms with Crippen molar-refractivity contribution in [3.05, 3.63) is 16.1 Å². The highest BCUT2D eigenvalue weighted by Crippen LogP contribution is 2.32. The van der Waals surface area contributed by atoms with E-state index in [0.29, 0.717) is 12.8 Å². The summed E-state index contributed by atoms with van der Waals surface area (Å²) in [5, 5.41) is 12.5. The molecular weight excluding hydrogens is 198 g/mol. The van der Waals surface area contributed by atoms with Crippen molar-refractivity contribution in [3.8, 4) is 0 Å². The average Bonchev–Trinajstić information content (AvgIpc) is 2.57. The van der Waals surface area contributed by atoms with Gasteiger partial charge >= 0.3 is 0 Å². The number of rotatable bonds is 1. The first-order valence-corrected chi connectivity index (χ1v) is 5.67. The summed E-state index contributed by atoms with van der Waals surface area (Å²) in [4.78, 5) is 15.5. The molecule has 1 aliphatic carbocycles. The van der Waals surface area contributed by atoms with Crippen LogP contribution in [0.2, 0.25) is 0 Å². The Morgan fingerprint density at radius 3 is 3.00 bits per heavy atom. The summed E-state index contributed by atoms with van der Waals surface area (Å²) in [6, 6.07) is 0. The van der Waals surface area contributed by atoms with Crippen molar-refractivity contribution in [1.82, 2.24) is 4.98 Å². The van der Waals surface area contributed by atoms with Gasteiger partial charge in [0, 0.05) is 23.4 Å². The third-order valence-electron chi connectivity index (χ3n) is 2.60. The van der Waals surface area contributed by atoms with E-state index in [-0.39, 0.29) is 11.7 Å². The van der Waals surface area contributed by atoms with Gasteiger partial charge in [0.15, 0.2) is 5.78 Å². The molecule has 0 amide bonds. The van der Waals surface area contributed by atoms with Crippen LogP contribution in [0.4, 0.5) is 0 Å². The van der Waals surface area contributed by atoms with E-state index < -0.39 is 6.10 Å². The lowest BCUT2D eigenvalue weighted by molar-refractivity contribution is -0.129. The predicted molar refractivity (Wildman–Crippen MR) is 54.5 cm³/mol. The Bertz CT molecular complexity index is 348. The quantitative estimate of drug-likeness (QED) is 0.768. The van der Waals surface area contributed by atoms with E-state index in [4.69, 9.17) is 0 Å². The van der Waals surface area contributed by atoms with Gasteiger partial charge in [-0.05, 0) is 19.8 Å². The molecule has 2 rings (SSSR count). The zero-order valence-electron chi connectivity index (χ0n) is 8.06. The maximum atomic E-state index is 11.1. The minimum Gasteiger partial charge on any atom is -0.385 e. The normalized spacial score (nSPS) is 28.0. The van der Waals surface area contributed by atoms with Crippen LogP contribution in [-0.4, -0.2) is 22.0 Å². The van der Waals surface area contributed by atoms with Gasteiger partial charge in [-0.25, -0.2) is 4.98 Å². The predicted octanol–water partition coefficient (Wildman–Crippen LogP) is 1.65. The Hall–Kier alpha value is -0.740.